The number of hydrogen-bond donors (Lipinski definition) is 0. The first kappa shape index (κ1) is 15.2. The van der Waals surface area contributed by atoms with Crippen LogP contribution >= 0.6 is 0 Å². The summed E-state index contributed by atoms with van der Waals surface area (Å²) in [6.45, 7) is 5.68. The van der Waals surface area contributed by atoms with Crippen molar-refractivity contribution in [2.24, 2.45) is 11.8 Å². The molecular weight excluding hydrogens is 244 g/mol. The van der Waals surface area contributed by atoms with Crippen LogP contribution in [0.1, 0.15) is 31.1 Å². The van der Waals surface area contributed by atoms with Crippen LogP contribution in [0.4, 0.5) is 0 Å². The summed E-state index contributed by atoms with van der Waals surface area (Å²) in [5.74, 6) is -0.856. The van der Waals surface area contributed by atoms with Gasteiger partial charge < -0.3 is 9.47 Å². The molecule has 0 amide bonds. The Hall–Kier alpha value is -1.84. The van der Waals surface area contributed by atoms with Crippen LogP contribution in [0, 0.1) is 11.8 Å². The molecule has 0 aliphatic rings. The molecule has 1 aromatic carbocycles. The van der Waals surface area contributed by atoms with Crippen LogP contribution in [0.3, 0.4) is 0 Å². The maximum atomic E-state index is 12.4. The fraction of sp³-hybridized carbons (Fsp3) is 0.467. The third-order valence-electron chi connectivity index (χ3n) is 2.86. The van der Waals surface area contributed by atoms with Gasteiger partial charge in [-0.05, 0) is 37.1 Å². The summed E-state index contributed by atoms with van der Waals surface area (Å²) >= 11 is 0. The molecule has 1 unspecified atom stereocenters. The summed E-state index contributed by atoms with van der Waals surface area (Å²) in [5, 5.41) is 0. The molecule has 104 valence electrons. The maximum absolute atomic E-state index is 12.4. The van der Waals surface area contributed by atoms with Crippen molar-refractivity contribution in [3.63, 3.8) is 0 Å². The smallest absolute Gasteiger partial charge is 0.317 e. The minimum Gasteiger partial charge on any atom is -0.497 e. The predicted molar refractivity (Wildman–Crippen MR) is 72.3 cm³/mol. The molecule has 1 aromatic rings. The van der Waals surface area contributed by atoms with Crippen molar-refractivity contribution in [2.45, 2.75) is 20.8 Å². The van der Waals surface area contributed by atoms with Gasteiger partial charge in [-0.15, -0.1) is 0 Å². The Kier molecular flexibility index (Phi) is 5.55. The van der Waals surface area contributed by atoms with Crippen molar-refractivity contribution in [3.05, 3.63) is 29.8 Å². The van der Waals surface area contributed by atoms with E-state index in [0.29, 0.717) is 11.3 Å². The van der Waals surface area contributed by atoms with Gasteiger partial charge in [-0.1, -0.05) is 13.8 Å². The van der Waals surface area contributed by atoms with E-state index in [1.165, 1.54) is 0 Å². The molecule has 0 aromatic heterocycles. The highest BCUT2D eigenvalue weighted by Crippen LogP contribution is 2.21. The van der Waals surface area contributed by atoms with E-state index in [9.17, 15) is 9.59 Å². The first-order valence-corrected chi connectivity index (χ1v) is 6.36. The SMILES string of the molecule is CCOC(=O)C(C(=O)c1ccc(OC)cc1)C(C)C. The Morgan fingerprint density at radius 1 is 1.16 bits per heavy atom. The average Bonchev–Trinajstić information content (AvgIpc) is 2.38. The lowest BCUT2D eigenvalue weighted by atomic mass is 9.88. The van der Waals surface area contributed by atoms with Gasteiger partial charge >= 0.3 is 5.97 Å². The molecule has 0 spiro atoms. The molecule has 0 aliphatic heterocycles. The molecule has 1 atom stereocenters. The summed E-state index contributed by atoms with van der Waals surface area (Å²) in [4.78, 5) is 24.2. The van der Waals surface area contributed by atoms with Gasteiger partial charge in [0, 0.05) is 5.56 Å². The number of Topliss-reactive ketones (excluding diaryl/α,β-unsaturated/α-hetero) is 1. The summed E-state index contributed by atoms with van der Waals surface area (Å²) < 4.78 is 10.0. The lowest BCUT2D eigenvalue weighted by molar-refractivity contribution is -0.147. The third-order valence-corrected chi connectivity index (χ3v) is 2.86. The minimum atomic E-state index is -0.756. The number of carbonyl (C=O) groups excluding carboxylic acids is 2. The van der Waals surface area contributed by atoms with Crippen LogP contribution in [-0.4, -0.2) is 25.5 Å². The van der Waals surface area contributed by atoms with Gasteiger partial charge in [0.05, 0.1) is 13.7 Å². The van der Waals surface area contributed by atoms with Crippen LogP contribution in [0.25, 0.3) is 0 Å². The molecule has 0 fully saturated rings. The first-order chi connectivity index (χ1) is 9.01. The van der Waals surface area contributed by atoms with Gasteiger partial charge in [0.15, 0.2) is 5.78 Å². The zero-order valence-corrected chi connectivity index (χ0v) is 11.8. The Labute approximate surface area is 113 Å². The monoisotopic (exact) mass is 264 g/mol. The van der Waals surface area contributed by atoms with Crippen LogP contribution in [0.2, 0.25) is 0 Å². The first-order valence-electron chi connectivity index (χ1n) is 6.36. The fourth-order valence-electron chi connectivity index (χ4n) is 1.85. The second kappa shape index (κ2) is 6.92. The van der Waals surface area contributed by atoms with Crippen molar-refractivity contribution in [2.75, 3.05) is 13.7 Å². The Balaban J connectivity index is 2.95. The van der Waals surface area contributed by atoms with Gasteiger partial charge in [0.1, 0.15) is 11.7 Å². The van der Waals surface area contributed by atoms with Crippen LogP contribution in [0.5, 0.6) is 5.75 Å². The van der Waals surface area contributed by atoms with Crippen molar-refractivity contribution in [1.82, 2.24) is 0 Å². The van der Waals surface area contributed by atoms with E-state index in [4.69, 9.17) is 9.47 Å². The lowest BCUT2D eigenvalue weighted by Crippen LogP contribution is -2.30. The second-order valence-electron chi connectivity index (χ2n) is 4.57. The van der Waals surface area contributed by atoms with Gasteiger partial charge in [-0.3, -0.25) is 9.59 Å². The number of ketones is 1. The largest absolute Gasteiger partial charge is 0.497 e. The molecule has 1 rings (SSSR count). The van der Waals surface area contributed by atoms with E-state index in [0.717, 1.165) is 0 Å². The average molecular weight is 264 g/mol. The molecule has 0 saturated heterocycles. The number of hydrogen-bond acceptors (Lipinski definition) is 4. The van der Waals surface area contributed by atoms with Crippen LogP contribution in [0.15, 0.2) is 24.3 Å². The number of esters is 1. The molecule has 0 N–H and O–H groups in total. The molecule has 4 nitrogen and oxygen atoms in total. The molecular formula is C15H20O4. The zero-order chi connectivity index (χ0) is 14.4. The normalized spacial score (nSPS) is 12.1. The molecule has 0 saturated carbocycles. The van der Waals surface area contributed by atoms with Crippen molar-refractivity contribution < 1.29 is 19.1 Å². The van der Waals surface area contributed by atoms with Gasteiger partial charge in [0.25, 0.3) is 0 Å². The number of rotatable bonds is 6. The summed E-state index contributed by atoms with van der Waals surface area (Å²) in [7, 11) is 1.56. The lowest BCUT2D eigenvalue weighted by Gasteiger charge is -2.18. The fourth-order valence-corrected chi connectivity index (χ4v) is 1.85. The quantitative estimate of drug-likeness (QED) is 0.450. The van der Waals surface area contributed by atoms with E-state index >= 15 is 0 Å². The standard InChI is InChI=1S/C15H20O4/c1-5-19-15(17)13(10(2)3)14(16)11-6-8-12(18-4)9-7-11/h6-10,13H,5H2,1-4H3. The highest BCUT2D eigenvalue weighted by molar-refractivity contribution is 6.08. The maximum Gasteiger partial charge on any atom is 0.317 e. The highest BCUT2D eigenvalue weighted by atomic mass is 16.5. The van der Waals surface area contributed by atoms with Crippen molar-refractivity contribution in [1.29, 1.82) is 0 Å². The van der Waals surface area contributed by atoms with E-state index in [1.54, 1.807) is 38.3 Å². The van der Waals surface area contributed by atoms with E-state index < -0.39 is 11.9 Å². The van der Waals surface area contributed by atoms with E-state index in [1.807, 2.05) is 13.8 Å². The topological polar surface area (TPSA) is 52.6 Å². The predicted octanol–water partition coefficient (Wildman–Crippen LogP) is 2.71. The molecule has 0 heterocycles. The highest BCUT2D eigenvalue weighted by Gasteiger charge is 2.31. The van der Waals surface area contributed by atoms with Gasteiger partial charge in [-0.25, -0.2) is 0 Å². The Morgan fingerprint density at radius 2 is 1.74 bits per heavy atom. The van der Waals surface area contributed by atoms with Crippen molar-refractivity contribution in [3.8, 4) is 5.75 Å². The Bertz CT molecular complexity index is 434. The summed E-state index contributed by atoms with van der Waals surface area (Å²) in [6, 6.07) is 6.73. The number of ether oxygens (including phenoxy) is 2. The minimum absolute atomic E-state index is 0.103. The molecule has 19 heavy (non-hydrogen) atoms. The molecule has 0 aliphatic carbocycles. The van der Waals surface area contributed by atoms with Gasteiger partial charge in [0.2, 0.25) is 0 Å². The summed E-state index contributed by atoms with van der Waals surface area (Å²) in [6.07, 6.45) is 0. The van der Waals surface area contributed by atoms with Crippen LogP contribution in [-0.2, 0) is 9.53 Å². The second-order valence-corrected chi connectivity index (χ2v) is 4.57. The van der Waals surface area contributed by atoms with E-state index in [-0.39, 0.29) is 18.3 Å². The zero-order valence-electron chi connectivity index (χ0n) is 11.8. The molecule has 0 bridgehead atoms. The Morgan fingerprint density at radius 3 is 2.16 bits per heavy atom. The van der Waals surface area contributed by atoms with E-state index in [2.05, 4.69) is 0 Å². The summed E-state index contributed by atoms with van der Waals surface area (Å²) in [5.41, 5.74) is 0.493. The number of benzene rings is 1. The molecule has 0 radical (unpaired) electrons. The molecule has 4 heteroatoms. The number of carbonyl (C=O) groups is 2. The number of methoxy groups -OCH3 is 1. The third kappa shape index (κ3) is 3.81. The van der Waals surface area contributed by atoms with Crippen LogP contribution < -0.4 is 4.74 Å². The van der Waals surface area contributed by atoms with Gasteiger partial charge in [-0.2, -0.15) is 0 Å². The van der Waals surface area contributed by atoms with Crippen molar-refractivity contribution >= 4 is 11.8 Å².